The lowest BCUT2D eigenvalue weighted by Crippen LogP contribution is -2.04. The van der Waals surface area contributed by atoms with Crippen LogP contribution in [0.2, 0.25) is 0 Å². The van der Waals surface area contributed by atoms with E-state index in [0.717, 1.165) is 0 Å². The van der Waals surface area contributed by atoms with Crippen LogP contribution in [-0.4, -0.2) is 18.5 Å². The van der Waals surface area contributed by atoms with Gasteiger partial charge in [0.25, 0.3) is 5.90 Å². The molecule has 0 saturated heterocycles. The summed E-state index contributed by atoms with van der Waals surface area (Å²) in [5.41, 5.74) is 0.142. The molecular weight excluding hydrogens is 198 g/mol. The molecule has 0 bridgehead atoms. The molecule has 78 valence electrons. The minimum atomic E-state index is -0.533. The highest BCUT2D eigenvalue weighted by atomic mass is 16.6. The van der Waals surface area contributed by atoms with Gasteiger partial charge < -0.3 is 13.9 Å². The van der Waals surface area contributed by atoms with Crippen molar-refractivity contribution in [2.24, 2.45) is 4.99 Å². The predicted octanol–water partition coefficient (Wildman–Crippen LogP) is 1.46. The van der Waals surface area contributed by atoms with Gasteiger partial charge in [0, 0.05) is 0 Å². The molecule has 0 radical (unpaired) electrons. The van der Waals surface area contributed by atoms with E-state index in [9.17, 15) is 4.79 Å². The molecule has 1 aliphatic heterocycles. The number of nitrogens with zero attached hydrogens (tertiary/aromatic N) is 1. The van der Waals surface area contributed by atoms with Gasteiger partial charge in [-0.05, 0) is 19.1 Å². The van der Waals surface area contributed by atoms with E-state index < -0.39 is 5.97 Å². The van der Waals surface area contributed by atoms with Crippen LogP contribution in [0.5, 0.6) is 0 Å². The van der Waals surface area contributed by atoms with Crippen LogP contribution in [0.3, 0.4) is 0 Å². The van der Waals surface area contributed by atoms with Crippen molar-refractivity contribution in [1.29, 1.82) is 0 Å². The van der Waals surface area contributed by atoms with Gasteiger partial charge >= 0.3 is 5.97 Å². The average Bonchev–Trinajstić information content (AvgIpc) is 2.83. The van der Waals surface area contributed by atoms with E-state index in [2.05, 4.69) is 4.99 Å². The Morgan fingerprint density at radius 3 is 3.13 bits per heavy atom. The van der Waals surface area contributed by atoms with Crippen molar-refractivity contribution in [2.45, 2.75) is 6.92 Å². The molecule has 0 aliphatic carbocycles. The van der Waals surface area contributed by atoms with Crippen LogP contribution in [0, 0.1) is 0 Å². The largest absolute Gasteiger partial charge is 0.499 e. The highest BCUT2D eigenvalue weighted by molar-refractivity contribution is 6.09. The number of carbonyl (C=O) groups is 1. The molecule has 5 nitrogen and oxygen atoms in total. The number of aliphatic imine (C=N–C) groups is 1. The van der Waals surface area contributed by atoms with Gasteiger partial charge in [-0.1, -0.05) is 0 Å². The van der Waals surface area contributed by atoms with Gasteiger partial charge in [-0.3, -0.25) is 0 Å². The fourth-order valence-electron chi connectivity index (χ4n) is 1.06. The number of hydrogen-bond acceptors (Lipinski definition) is 5. The Morgan fingerprint density at radius 2 is 2.47 bits per heavy atom. The Labute approximate surface area is 86.0 Å². The van der Waals surface area contributed by atoms with Gasteiger partial charge in [0.2, 0.25) is 0 Å². The molecule has 2 heterocycles. The van der Waals surface area contributed by atoms with E-state index in [0.29, 0.717) is 12.4 Å². The third kappa shape index (κ3) is 1.90. The number of ether oxygens (including phenoxy) is 2. The van der Waals surface area contributed by atoms with Crippen LogP contribution in [0.1, 0.15) is 12.7 Å². The van der Waals surface area contributed by atoms with E-state index in [-0.39, 0.29) is 11.6 Å². The number of hydrogen-bond donors (Lipinski definition) is 0. The minimum Gasteiger partial charge on any atom is -0.499 e. The first-order valence-electron chi connectivity index (χ1n) is 4.47. The zero-order valence-corrected chi connectivity index (χ0v) is 8.10. The standard InChI is InChI=1S/C10H9NO4/c1-2-13-6-7-10(12)15-9(11-7)8-4-3-5-14-8/h3-6H,2H2,1H3. The first kappa shape index (κ1) is 9.51. The summed E-state index contributed by atoms with van der Waals surface area (Å²) in [6.07, 6.45) is 2.76. The number of cyclic esters (lactones) is 1. The molecule has 15 heavy (non-hydrogen) atoms. The molecule has 5 heteroatoms. The molecule has 0 saturated carbocycles. The Bertz CT molecular complexity index is 417. The molecule has 2 rings (SSSR count). The molecule has 0 unspecified atom stereocenters. The third-order valence-electron chi connectivity index (χ3n) is 1.71. The fraction of sp³-hybridized carbons (Fsp3) is 0.200. The topological polar surface area (TPSA) is 61.0 Å². The molecule has 0 atom stereocenters. The monoisotopic (exact) mass is 207 g/mol. The van der Waals surface area contributed by atoms with Crippen LogP contribution in [0.15, 0.2) is 39.8 Å². The molecule has 0 aromatic carbocycles. The molecule has 0 spiro atoms. The average molecular weight is 207 g/mol. The molecule has 0 amide bonds. The van der Waals surface area contributed by atoms with Gasteiger partial charge in [0.05, 0.1) is 12.9 Å². The van der Waals surface area contributed by atoms with Crippen molar-refractivity contribution in [3.05, 3.63) is 36.1 Å². The summed E-state index contributed by atoms with van der Waals surface area (Å²) in [7, 11) is 0. The summed E-state index contributed by atoms with van der Waals surface area (Å²) in [6, 6.07) is 3.35. The number of esters is 1. The zero-order valence-electron chi connectivity index (χ0n) is 8.10. The van der Waals surface area contributed by atoms with Crippen molar-refractivity contribution < 1.29 is 18.7 Å². The quantitative estimate of drug-likeness (QED) is 0.427. The lowest BCUT2D eigenvalue weighted by molar-refractivity contribution is -0.130. The Morgan fingerprint density at radius 1 is 1.60 bits per heavy atom. The zero-order chi connectivity index (χ0) is 10.7. The van der Waals surface area contributed by atoms with Crippen molar-refractivity contribution in [3.63, 3.8) is 0 Å². The summed E-state index contributed by atoms with van der Waals surface area (Å²) in [6.45, 7) is 2.29. The van der Waals surface area contributed by atoms with Crippen molar-refractivity contribution >= 4 is 11.9 Å². The second-order valence-corrected chi connectivity index (χ2v) is 2.74. The van der Waals surface area contributed by atoms with Gasteiger partial charge in [-0.15, -0.1) is 0 Å². The van der Waals surface area contributed by atoms with E-state index in [1.54, 1.807) is 12.1 Å². The van der Waals surface area contributed by atoms with Crippen LogP contribution in [-0.2, 0) is 14.3 Å². The summed E-state index contributed by atoms with van der Waals surface area (Å²) < 4.78 is 14.9. The van der Waals surface area contributed by atoms with E-state index >= 15 is 0 Å². The first-order valence-corrected chi connectivity index (χ1v) is 4.47. The maximum Gasteiger partial charge on any atom is 0.367 e. The highest BCUT2D eigenvalue weighted by Crippen LogP contribution is 2.16. The number of carbonyl (C=O) groups excluding carboxylic acids is 1. The number of furan rings is 1. The third-order valence-corrected chi connectivity index (χ3v) is 1.71. The Balaban J connectivity index is 2.21. The lowest BCUT2D eigenvalue weighted by atomic mass is 10.4. The smallest absolute Gasteiger partial charge is 0.367 e. The van der Waals surface area contributed by atoms with E-state index in [4.69, 9.17) is 13.9 Å². The Kier molecular flexibility index (Phi) is 2.53. The summed E-state index contributed by atoms with van der Waals surface area (Å²) in [5, 5.41) is 0. The number of rotatable bonds is 3. The summed E-state index contributed by atoms with van der Waals surface area (Å²) in [5.74, 6) is 0.0500. The minimum absolute atomic E-state index is 0.142. The van der Waals surface area contributed by atoms with Gasteiger partial charge in [-0.25, -0.2) is 4.79 Å². The first-order chi connectivity index (χ1) is 7.31. The van der Waals surface area contributed by atoms with Gasteiger partial charge in [0.1, 0.15) is 6.26 Å². The molecular formula is C10H9NO4. The van der Waals surface area contributed by atoms with Crippen molar-refractivity contribution in [3.8, 4) is 0 Å². The maximum absolute atomic E-state index is 11.3. The normalized spacial score (nSPS) is 17.8. The van der Waals surface area contributed by atoms with Crippen molar-refractivity contribution in [2.75, 3.05) is 6.61 Å². The van der Waals surface area contributed by atoms with E-state index in [1.807, 2.05) is 6.92 Å². The van der Waals surface area contributed by atoms with Gasteiger partial charge in [-0.2, -0.15) is 4.99 Å². The van der Waals surface area contributed by atoms with Crippen LogP contribution in [0.4, 0.5) is 0 Å². The molecule has 0 N–H and O–H groups in total. The highest BCUT2D eigenvalue weighted by Gasteiger charge is 2.26. The lowest BCUT2D eigenvalue weighted by Gasteiger charge is -1.92. The van der Waals surface area contributed by atoms with Gasteiger partial charge in [0.15, 0.2) is 11.5 Å². The molecule has 1 aliphatic rings. The predicted molar refractivity (Wildman–Crippen MR) is 51.0 cm³/mol. The molecule has 0 fully saturated rings. The maximum atomic E-state index is 11.3. The van der Waals surface area contributed by atoms with Crippen LogP contribution < -0.4 is 0 Å². The fourth-order valence-corrected chi connectivity index (χ4v) is 1.06. The SMILES string of the molecule is CCOC=C1N=C(c2ccco2)OC1=O. The summed E-state index contributed by atoms with van der Waals surface area (Å²) in [4.78, 5) is 15.2. The van der Waals surface area contributed by atoms with Crippen LogP contribution >= 0.6 is 0 Å². The van der Waals surface area contributed by atoms with E-state index in [1.165, 1.54) is 12.5 Å². The van der Waals surface area contributed by atoms with Crippen LogP contribution in [0.25, 0.3) is 0 Å². The van der Waals surface area contributed by atoms with Crippen molar-refractivity contribution in [1.82, 2.24) is 0 Å². The Hall–Kier alpha value is -2.04. The molecule has 1 aromatic rings. The summed E-state index contributed by atoms with van der Waals surface area (Å²) >= 11 is 0. The second kappa shape index (κ2) is 4.00. The molecule has 1 aromatic heterocycles. The second-order valence-electron chi connectivity index (χ2n) is 2.74.